The van der Waals surface area contributed by atoms with Gasteiger partial charge in [-0.1, -0.05) is 48.5 Å². The maximum absolute atomic E-state index is 13.5. The van der Waals surface area contributed by atoms with Gasteiger partial charge in [0.2, 0.25) is 5.41 Å². The Bertz CT molecular complexity index is 1570. The highest BCUT2D eigenvalue weighted by Crippen LogP contribution is 2.33. The number of alkyl halides is 3. The van der Waals surface area contributed by atoms with Crippen LogP contribution in [-0.4, -0.2) is 68.5 Å². The highest BCUT2D eigenvalue weighted by Gasteiger charge is 2.52. The molecule has 0 aliphatic rings. The largest absolute Gasteiger partial charge is 0.465 e. The maximum atomic E-state index is 13.5. The van der Waals surface area contributed by atoms with E-state index >= 15 is 0 Å². The number of anilines is 1. The zero-order chi connectivity index (χ0) is 34.1. The second-order valence-electron chi connectivity index (χ2n) is 10.1. The molecular weight excluding hydrogens is 609 g/mol. The number of nitrogens with one attached hydrogen (secondary N) is 1. The van der Waals surface area contributed by atoms with E-state index in [-0.39, 0.29) is 35.6 Å². The van der Waals surface area contributed by atoms with E-state index in [0.29, 0.717) is 0 Å². The summed E-state index contributed by atoms with van der Waals surface area (Å²) in [5.74, 6) is -4.53. The summed E-state index contributed by atoms with van der Waals surface area (Å²) in [5, 5.41) is 2.36. The van der Waals surface area contributed by atoms with Gasteiger partial charge in [0.15, 0.2) is 0 Å². The van der Waals surface area contributed by atoms with E-state index in [1.807, 2.05) is 0 Å². The minimum Gasteiger partial charge on any atom is -0.465 e. The Morgan fingerprint density at radius 3 is 1.91 bits per heavy atom. The van der Waals surface area contributed by atoms with Gasteiger partial charge in [0.1, 0.15) is 6.61 Å². The van der Waals surface area contributed by atoms with Gasteiger partial charge in [-0.15, -0.1) is 0 Å². The maximum Gasteiger partial charge on any atom is 0.417 e. The molecule has 0 heterocycles. The summed E-state index contributed by atoms with van der Waals surface area (Å²) >= 11 is 0. The molecule has 3 rings (SSSR count). The molecule has 10 nitrogen and oxygen atoms in total. The summed E-state index contributed by atoms with van der Waals surface area (Å²) < 4.78 is 56.3. The molecule has 0 atom stereocenters. The highest BCUT2D eigenvalue weighted by molar-refractivity contribution is 6.10. The van der Waals surface area contributed by atoms with Gasteiger partial charge in [0.25, 0.3) is 11.8 Å². The normalized spacial score (nSPS) is 11.3. The van der Waals surface area contributed by atoms with Crippen molar-refractivity contribution < 1.29 is 51.4 Å². The van der Waals surface area contributed by atoms with Crippen molar-refractivity contribution in [1.82, 2.24) is 4.90 Å². The number of benzene rings is 3. The van der Waals surface area contributed by atoms with Gasteiger partial charge in [0, 0.05) is 14.1 Å². The fourth-order valence-electron chi connectivity index (χ4n) is 4.50. The minimum absolute atomic E-state index is 0.0614. The molecule has 0 unspecified atom stereocenters. The van der Waals surface area contributed by atoms with Crippen LogP contribution in [0.15, 0.2) is 72.8 Å². The molecule has 13 heteroatoms. The van der Waals surface area contributed by atoms with Crippen molar-refractivity contribution in [3.05, 3.63) is 101 Å². The Morgan fingerprint density at radius 2 is 1.35 bits per heavy atom. The van der Waals surface area contributed by atoms with Gasteiger partial charge in [-0.25, -0.2) is 0 Å². The summed E-state index contributed by atoms with van der Waals surface area (Å²) in [6.07, 6.45) is -5.23. The van der Waals surface area contributed by atoms with Crippen molar-refractivity contribution >= 4 is 35.4 Å². The third kappa shape index (κ3) is 8.09. The lowest BCUT2D eigenvalue weighted by Crippen LogP contribution is -2.50. The quantitative estimate of drug-likeness (QED) is 0.169. The van der Waals surface area contributed by atoms with E-state index in [9.17, 15) is 37.1 Å². The number of hydrogen-bond donors (Lipinski definition) is 1. The van der Waals surface area contributed by atoms with E-state index < -0.39 is 65.5 Å². The van der Waals surface area contributed by atoms with Gasteiger partial charge < -0.3 is 24.4 Å². The van der Waals surface area contributed by atoms with Crippen LogP contribution >= 0.6 is 0 Å². The molecule has 0 spiro atoms. The zero-order valence-corrected chi connectivity index (χ0v) is 25.6. The number of esters is 3. The van der Waals surface area contributed by atoms with Gasteiger partial charge >= 0.3 is 24.1 Å². The third-order valence-corrected chi connectivity index (χ3v) is 6.76. The first-order valence-electron chi connectivity index (χ1n) is 14.1. The summed E-state index contributed by atoms with van der Waals surface area (Å²) in [7, 11) is 2.86. The highest BCUT2D eigenvalue weighted by atomic mass is 19.4. The number of carbonyl (C=O) groups excluding carboxylic acids is 5. The first-order chi connectivity index (χ1) is 21.8. The van der Waals surface area contributed by atoms with E-state index in [1.165, 1.54) is 55.4 Å². The molecule has 244 valence electrons. The number of rotatable bonds is 12. The molecule has 46 heavy (non-hydrogen) atoms. The molecule has 1 N–H and O–H groups in total. The van der Waals surface area contributed by atoms with Crippen molar-refractivity contribution in [2.45, 2.75) is 31.9 Å². The van der Waals surface area contributed by atoms with Gasteiger partial charge in [-0.05, 0) is 49.2 Å². The molecule has 0 aliphatic heterocycles. The van der Waals surface area contributed by atoms with Gasteiger partial charge in [-0.2, -0.15) is 13.2 Å². The molecule has 0 fully saturated rings. The monoisotopic (exact) mass is 642 g/mol. The van der Waals surface area contributed by atoms with E-state index in [2.05, 4.69) is 5.32 Å². The molecule has 0 saturated heterocycles. The fourth-order valence-corrected chi connectivity index (χ4v) is 4.50. The predicted molar refractivity (Wildman–Crippen MR) is 160 cm³/mol. The topological polar surface area (TPSA) is 128 Å². The number of hydrogen-bond acceptors (Lipinski definition) is 8. The Hall–Kier alpha value is -5.20. The van der Waals surface area contributed by atoms with Crippen LogP contribution in [0.3, 0.4) is 0 Å². The number of amides is 2. The summed E-state index contributed by atoms with van der Waals surface area (Å²) in [5.41, 5.74) is -3.68. The standard InChI is InChI=1S/C33H33F3N2O8/c1-5-44-30(42)32(31(43)45-6-2,22-12-8-7-9-13-22)20-46-27(39)19-21-16-17-26(24(18-21)29(41)38(3)4)37-28(40)23-14-10-11-15-25(23)33(34,35)36/h7-18H,5-6,19-20H2,1-4H3,(H,37,40). The third-order valence-electron chi connectivity index (χ3n) is 6.76. The van der Waals surface area contributed by atoms with Crippen LogP contribution < -0.4 is 5.32 Å². The second-order valence-corrected chi connectivity index (χ2v) is 10.1. The lowest BCUT2D eigenvalue weighted by molar-refractivity contribution is -0.170. The van der Waals surface area contributed by atoms with E-state index in [4.69, 9.17) is 14.2 Å². The van der Waals surface area contributed by atoms with Gasteiger partial charge in [0.05, 0.1) is 42.0 Å². The summed E-state index contributed by atoms with van der Waals surface area (Å²) in [6.45, 7) is 2.24. The van der Waals surface area contributed by atoms with Crippen LogP contribution in [0, 0.1) is 0 Å². The van der Waals surface area contributed by atoms with Gasteiger partial charge in [-0.3, -0.25) is 24.0 Å². The fraction of sp³-hybridized carbons (Fsp3) is 0.303. The predicted octanol–water partition coefficient (Wildman–Crippen LogP) is 4.81. The number of carbonyl (C=O) groups is 5. The number of ether oxygens (including phenoxy) is 3. The Balaban J connectivity index is 1.90. The SMILES string of the molecule is CCOC(=O)C(COC(=O)Cc1ccc(NC(=O)c2ccccc2C(F)(F)F)c(C(=O)N(C)C)c1)(C(=O)OCC)c1ccccc1. The lowest BCUT2D eigenvalue weighted by atomic mass is 9.81. The molecule has 3 aromatic carbocycles. The molecule has 0 aliphatic carbocycles. The van der Waals surface area contributed by atoms with Crippen LogP contribution in [0.5, 0.6) is 0 Å². The molecule has 0 saturated carbocycles. The zero-order valence-electron chi connectivity index (χ0n) is 25.6. The molecule has 0 bridgehead atoms. The van der Waals surface area contributed by atoms with E-state index in [1.54, 1.807) is 32.0 Å². The van der Waals surface area contributed by atoms with Crippen LogP contribution in [0.4, 0.5) is 18.9 Å². The Kier molecular flexibility index (Phi) is 11.7. The Labute approximate surface area is 263 Å². The summed E-state index contributed by atoms with van der Waals surface area (Å²) in [6, 6.07) is 16.0. The van der Waals surface area contributed by atoms with Crippen LogP contribution in [0.2, 0.25) is 0 Å². The van der Waals surface area contributed by atoms with Crippen LogP contribution in [0.1, 0.15) is 51.3 Å². The van der Waals surface area contributed by atoms with Crippen molar-refractivity contribution in [1.29, 1.82) is 0 Å². The number of nitrogens with zero attached hydrogens (tertiary/aromatic N) is 1. The van der Waals surface area contributed by atoms with Crippen molar-refractivity contribution in [3.63, 3.8) is 0 Å². The first-order valence-corrected chi connectivity index (χ1v) is 14.1. The molecular formula is C33H33F3N2O8. The molecule has 3 aromatic rings. The second kappa shape index (κ2) is 15.2. The molecule has 2 amide bonds. The van der Waals surface area contributed by atoms with Crippen molar-refractivity contribution in [3.8, 4) is 0 Å². The minimum atomic E-state index is -4.79. The smallest absolute Gasteiger partial charge is 0.417 e. The van der Waals surface area contributed by atoms with Crippen molar-refractivity contribution in [2.24, 2.45) is 0 Å². The lowest BCUT2D eigenvalue weighted by Gasteiger charge is -2.29. The average molecular weight is 643 g/mol. The summed E-state index contributed by atoms with van der Waals surface area (Å²) in [4.78, 5) is 66.5. The Morgan fingerprint density at radius 1 is 0.761 bits per heavy atom. The van der Waals surface area contributed by atoms with Crippen LogP contribution in [-0.2, 0) is 46.6 Å². The van der Waals surface area contributed by atoms with E-state index in [0.717, 1.165) is 18.2 Å². The first kappa shape index (κ1) is 35.3. The van der Waals surface area contributed by atoms with Crippen LogP contribution in [0.25, 0.3) is 0 Å². The number of halogens is 3. The molecule has 0 aromatic heterocycles. The molecule has 0 radical (unpaired) electrons. The van der Waals surface area contributed by atoms with Crippen molar-refractivity contribution in [2.75, 3.05) is 39.2 Å². The average Bonchev–Trinajstić information content (AvgIpc) is 3.02.